The lowest BCUT2D eigenvalue weighted by Crippen LogP contribution is -1.69. The van der Waals surface area contributed by atoms with Gasteiger partial charge >= 0.3 is 0 Å². The van der Waals surface area contributed by atoms with Gasteiger partial charge in [0.1, 0.15) is 29.3 Å². The largest absolute Gasteiger partial charge is 0.464 e. The van der Waals surface area contributed by atoms with Gasteiger partial charge in [-0.05, 0) is 64.5 Å². The summed E-state index contributed by atoms with van der Waals surface area (Å²) in [4.78, 5) is 0. The Kier molecular flexibility index (Phi) is 13.1. The van der Waals surface area contributed by atoms with E-state index in [1.54, 1.807) is 24.7 Å². The maximum atomic E-state index is 5.87. The summed E-state index contributed by atoms with van der Waals surface area (Å²) >= 11 is 27.5. The Balaban J connectivity index is 0.000000260. The maximum absolute atomic E-state index is 5.87. The van der Waals surface area contributed by atoms with Crippen molar-refractivity contribution in [3.05, 3.63) is 102 Å². The Morgan fingerprint density at radius 2 is 1.08 bits per heavy atom. The van der Waals surface area contributed by atoms with E-state index < -0.39 is 0 Å². The molecule has 192 valence electrons. The van der Waals surface area contributed by atoms with Crippen molar-refractivity contribution in [2.24, 2.45) is 0 Å². The molecule has 0 radical (unpaired) electrons. The Morgan fingerprint density at radius 3 is 1.75 bits per heavy atom. The average Bonchev–Trinajstić information content (AvgIpc) is 3.49. The van der Waals surface area contributed by atoms with Gasteiger partial charge in [0.05, 0.1) is 21.3 Å². The number of hydrogen-bond acceptors (Lipinski definition) is 3. The second-order valence-corrected chi connectivity index (χ2v) is 10.6. The average molecular weight is 743 g/mol. The van der Waals surface area contributed by atoms with Gasteiger partial charge in [0.15, 0.2) is 0 Å². The molecule has 0 atom stereocenters. The Morgan fingerprint density at radius 1 is 0.528 bits per heavy atom. The van der Waals surface area contributed by atoms with Crippen LogP contribution in [0.2, 0.25) is 15.1 Å². The van der Waals surface area contributed by atoms with Crippen LogP contribution in [-0.4, -0.2) is 0 Å². The number of halogens is 6. The van der Waals surface area contributed by atoms with Crippen molar-refractivity contribution < 1.29 is 13.3 Å². The van der Waals surface area contributed by atoms with Crippen molar-refractivity contribution >= 4 is 116 Å². The number of hydrogen-bond donors (Lipinski definition) is 0. The van der Waals surface area contributed by atoms with Crippen molar-refractivity contribution in [1.29, 1.82) is 0 Å². The van der Waals surface area contributed by atoms with E-state index in [4.69, 9.17) is 48.1 Å². The zero-order valence-electron chi connectivity index (χ0n) is 16.4. The van der Waals surface area contributed by atoms with E-state index >= 15 is 0 Å². The Bertz CT molecular complexity index is 1550. The van der Waals surface area contributed by atoms with Gasteiger partial charge in [-0.1, -0.05) is 95.0 Å². The molecule has 0 aliphatic rings. The van der Waals surface area contributed by atoms with Crippen LogP contribution < -0.4 is 0 Å². The molecule has 36 heavy (non-hydrogen) atoms. The zero-order valence-corrected chi connectivity index (χ0v) is 23.4. The fourth-order valence-corrected chi connectivity index (χ4v) is 4.45. The first-order chi connectivity index (χ1) is 15.8. The van der Waals surface area contributed by atoms with E-state index in [1.165, 1.54) is 6.26 Å². The van der Waals surface area contributed by atoms with Gasteiger partial charge < -0.3 is 13.3 Å². The summed E-state index contributed by atoms with van der Waals surface area (Å²) in [6.07, 6.45) is 4.73. The second-order valence-electron chi connectivity index (χ2n) is 6.67. The highest BCUT2D eigenvalue weighted by Crippen LogP contribution is 2.33. The molecule has 0 aliphatic carbocycles. The molecule has 9 heteroatoms. The summed E-state index contributed by atoms with van der Waals surface area (Å²) in [7, 11) is 0. The molecule has 0 fully saturated rings. The van der Waals surface area contributed by atoms with Crippen LogP contribution in [0.1, 0.15) is 22.3 Å². The van der Waals surface area contributed by atoms with Gasteiger partial charge in [-0.25, -0.2) is 0 Å². The van der Waals surface area contributed by atoms with Crippen LogP contribution in [0.25, 0.3) is 32.9 Å². The van der Waals surface area contributed by atoms with Crippen molar-refractivity contribution in [3.8, 4) is 0 Å². The number of benzene rings is 3. The molecule has 6 rings (SSSR count). The van der Waals surface area contributed by atoms with E-state index in [0.29, 0.717) is 15.1 Å². The summed E-state index contributed by atoms with van der Waals surface area (Å²) in [5.74, 6) is 0. The third kappa shape index (κ3) is 7.80. The first-order valence-electron chi connectivity index (χ1n) is 9.28. The molecule has 3 aromatic carbocycles. The van der Waals surface area contributed by atoms with E-state index in [9.17, 15) is 0 Å². The SMILES string of the molecule is Brc1ccc2ccoc2c1.C.C.C.Clc1cc2c(Cl)coc2cc1Br.Clc1coc2cc(Br)ccc12. The van der Waals surface area contributed by atoms with Gasteiger partial charge in [0, 0.05) is 29.6 Å². The van der Waals surface area contributed by atoms with Gasteiger partial charge in [0.25, 0.3) is 0 Å². The third-order valence-corrected chi connectivity index (χ3v) is 7.25. The highest BCUT2D eigenvalue weighted by molar-refractivity contribution is 9.11. The summed E-state index contributed by atoms with van der Waals surface area (Å²) < 4.78 is 18.4. The smallest absolute Gasteiger partial charge is 0.136 e. The Labute approximate surface area is 251 Å². The van der Waals surface area contributed by atoms with Crippen LogP contribution in [-0.2, 0) is 0 Å². The van der Waals surface area contributed by atoms with Gasteiger partial charge in [-0.2, -0.15) is 0 Å². The molecular weight excluding hydrogens is 718 g/mol. The molecule has 0 saturated heterocycles. The summed E-state index contributed by atoms with van der Waals surface area (Å²) in [5.41, 5.74) is 2.47. The van der Waals surface area contributed by atoms with Crippen molar-refractivity contribution in [1.82, 2.24) is 0 Å². The molecule has 0 saturated carbocycles. The minimum absolute atomic E-state index is 0. The quantitative estimate of drug-likeness (QED) is 0.156. The maximum Gasteiger partial charge on any atom is 0.136 e. The van der Waals surface area contributed by atoms with Crippen LogP contribution in [0.4, 0.5) is 0 Å². The molecule has 6 aromatic rings. The van der Waals surface area contributed by atoms with Gasteiger partial charge in [0.2, 0.25) is 0 Å². The van der Waals surface area contributed by atoms with Crippen LogP contribution in [0.15, 0.2) is 100 Å². The minimum atomic E-state index is 0. The monoisotopic (exact) mass is 738 g/mol. The molecule has 0 amide bonds. The van der Waals surface area contributed by atoms with Crippen LogP contribution in [0.5, 0.6) is 0 Å². The predicted octanol–water partition coefficient (Wildman–Crippen LogP) is 13.5. The summed E-state index contributed by atoms with van der Waals surface area (Å²) in [6.45, 7) is 0. The van der Waals surface area contributed by atoms with Crippen LogP contribution in [0, 0.1) is 0 Å². The zero-order chi connectivity index (χ0) is 23.5. The molecule has 0 unspecified atom stereocenters. The standard InChI is InChI=1S/C8H3BrCl2O.C8H4BrClO.C8H5BrO.3CH4/c9-5-2-8-4(1-6(5)10)7(11)3-12-8;9-5-1-2-6-7(10)4-11-8(6)3-5;9-7-2-1-6-3-4-10-8(6)5-7;;;/h1-3H;1-4H;1-5H;3*1H4. The molecule has 0 spiro atoms. The summed E-state index contributed by atoms with van der Waals surface area (Å²) in [6, 6.07) is 17.2. The van der Waals surface area contributed by atoms with E-state index in [2.05, 4.69) is 47.8 Å². The second kappa shape index (κ2) is 14.5. The van der Waals surface area contributed by atoms with Crippen LogP contribution >= 0.6 is 82.6 Å². The topological polar surface area (TPSA) is 39.4 Å². The number of rotatable bonds is 0. The molecule has 0 aliphatic heterocycles. The van der Waals surface area contributed by atoms with Gasteiger partial charge in [-0.15, -0.1) is 0 Å². The fraction of sp³-hybridized carbons (Fsp3) is 0.111. The fourth-order valence-electron chi connectivity index (χ4n) is 2.89. The first kappa shape index (κ1) is 32.6. The van der Waals surface area contributed by atoms with Crippen LogP contribution in [0.3, 0.4) is 0 Å². The highest BCUT2D eigenvalue weighted by Gasteiger charge is 2.06. The highest BCUT2D eigenvalue weighted by atomic mass is 79.9. The lowest BCUT2D eigenvalue weighted by Gasteiger charge is -1.94. The first-order valence-corrected chi connectivity index (χ1v) is 12.8. The van der Waals surface area contributed by atoms with E-state index in [-0.39, 0.29) is 22.3 Å². The molecule has 0 bridgehead atoms. The van der Waals surface area contributed by atoms with E-state index in [1.807, 2.05) is 42.5 Å². The Hall–Kier alpha value is -1.41. The normalized spacial score (nSPS) is 9.83. The molecule has 3 heterocycles. The van der Waals surface area contributed by atoms with E-state index in [0.717, 1.165) is 46.3 Å². The minimum Gasteiger partial charge on any atom is -0.464 e. The number of fused-ring (bicyclic) bond motifs is 3. The van der Waals surface area contributed by atoms with Crippen molar-refractivity contribution in [2.45, 2.75) is 22.3 Å². The van der Waals surface area contributed by atoms with Crippen molar-refractivity contribution in [2.75, 3.05) is 0 Å². The lowest BCUT2D eigenvalue weighted by atomic mass is 10.3. The van der Waals surface area contributed by atoms with Gasteiger partial charge in [-0.3, -0.25) is 0 Å². The molecule has 0 N–H and O–H groups in total. The predicted molar refractivity (Wildman–Crippen MR) is 167 cm³/mol. The number of furan rings is 3. The summed E-state index contributed by atoms with van der Waals surface area (Å²) in [5, 5.41) is 4.81. The lowest BCUT2D eigenvalue weighted by molar-refractivity contribution is 0.615. The molecule has 3 aromatic heterocycles. The van der Waals surface area contributed by atoms with Crippen molar-refractivity contribution in [3.63, 3.8) is 0 Å². The molecule has 3 nitrogen and oxygen atoms in total. The third-order valence-electron chi connectivity index (χ3n) is 4.48. The molecular formula is C27H24Br3Cl3O3.